The van der Waals surface area contributed by atoms with E-state index in [1.54, 1.807) is 0 Å². The van der Waals surface area contributed by atoms with Crippen LogP contribution in [-0.2, 0) is 0 Å². The Balaban J connectivity index is 1.28. The summed E-state index contributed by atoms with van der Waals surface area (Å²) in [6.07, 6.45) is 0. The van der Waals surface area contributed by atoms with E-state index in [0.29, 0.717) is 0 Å². The van der Waals surface area contributed by atoms with E-state index >= 15 is 0 Å². The van der Waals surface area contributed by atoms with E-state index in [1.165, 1.54) is 80.1 Å². The van der Waals surface area contributed by atoms with Gasteiger partial charge in [-0.25, -0.2) is 0 Å². The molecule has 48 heavy (non-hydrogen) atoms. The lowest BCUT2D eigenvalue weighted by molar-refractivity contribution is 1.31. The molecule has 0 fully saturated rings. The summed E-state index contributed by atoms with van der Waals surface area (Å²) in [4.78, 5) is 2.47. The zero-order chi connectivity index (χ0) is 31.6. The van der Waals surface area contributed by atoms with E-state index in [0.717, 1.165) is 11.4 Å². The van der Waals surface area contributed by atoms with E-state index in [1.807, 2.05) is 11.3 Å². The topological polar surface area (TPSA) is 3.24 Å². The predicted octanol–water partition coefficient (Wildman–Crippen LogP) is 13.8. The first-order chi connectivity index (χ1) is 23.8. The first-order valence-electron chi connectivity index (χ1n) is 16.4. The fourth-order valence-corrected chi connectivity index (χ4v) is 8.78. The standard InChI is InChI=1S/C46H29NS/c1-2-11-30(12-3-1)33-15-10-16-35(27-33)47(36-24-26-44-42(29-36)41-25-23-32-14-5-7-18-38(32)46(41)48-44)43-28-34-22-21-31-13-4-6-17-37(31)45(34)40-20-9-8-19-39(40)43/h1-29H. The van der Waals surface area contributed by atoms with Gasteiger partial charge in [0.15, 0.2) is 0 Å². The third kappa shape index (κ3) is 4.24. The SMILES string of the molecule is c1ccc(-c2cccc(N(c3ccc4sc5c6ccccc6ccc5c4c3)c3cc4ccc5ccccc5c4c4ccccc34)c2)cc1. The molecule has 0 aliphatic heterocycles. The second-order valence-electron chi connectivity index (χ2n) is 12.5. The minimum absolute atomic E-state index is 1.13. The lowest BCUT2D eigenvalue weighted by Crippen LogP contribution is -2.10. The van der Waals surface area contributed by atoms with Crippen molar-refractivity contribution in [3.8, 4) is 11.1 Å². The van der Waals surface area contributed by atoms with Crippen molar-refractivity contribution in [3.05, 3.63) is 176 Å². The number of thiophene rings is 1. The Bertz CT molecular complexity index is 2850. The van der Waals surface area contributed by atoms with E-state index in [9.17, 15) is 0 Å². The van der Waals surface area contributed by atoms with Crippen LogP contribution >= 0.6 is 11.3 Å². The molecule has 2 heteroatoms. The Morgan fingerprint density at radius 2 is 1.00 bits per heavy atom. The van der Waals surface area contributed by atoms with Gasteiger partial charge in [0.2, 0.25) is 0 Å². The Kier molecular flexibility index (Phi) is 6.12. The van der Waals surface area contributed by atoms with Gasteiger partial charge in [0.05, 0.1) is 5.69 Å². The fourth-order valence-electron chi connectivity index (χ4n) is 7.56. The van der Waals surface area contributed by atoms with Gasteiger partial charge in [0.25, 0.3) is 0 Å². The summed E-state index contributed by atoms with van der Waals surface area (Å²) in [5.41, 5.74) is 5.85. The molecule has 0 atom stereocenters. The molecule has 0 aliphatic rings. The molecule has 0 bridgehead atoms. The van der Waals surface area contributed by atoms with Crippen LogP contribution in [-0.4, -0.2) is 0 Å². The number of rotatable bonds is 4. The number of benzene rings is 9. The van der Waals surface area contributed by atoms with Crippen molar-refractivity contribution in [1.82, 2.24) is 0 Å². The molecule has 1 nitrogen and oxygen atoms in total. The molecule has 0 aliphatic carbocycles. The summed E-state index contributed by atoms with van der Waals surface area (Å²) in [5, 5.41) is 12.8. The molecule has 1 heterocycles. The largest absolute Gasteiger partial charge is 0.310 e. The monoisotopic (exact) mass is 627 g/mol. The van der Waals surface area contributed by atoms with Crippen LogP contribution in [0.2, 0.25) is 0 Å². The molecule has 0 spiro atoms. The molecular weight excluding hydrogens is 599 g/mol. The summed E-state index contributed by atoms with van der Waals surface area (Å²) < 4.78 is 2.65. The number of anilines is 3. The van der Waals surface area contributed by atoms with Crippen LogP contribution in [0.25, 0.3) is 74.4 Å². The van der Waals surface area contributed by atoms with Crippen LogP contribution in [0.5, 0.6) is 0 Å². The van der Waals surface area contributed by atoms with E-state index in [-0.39, 0.29) is 0 Å². The second-order valence-corrected chi connectivity index (χ2v) is 13.6. The summed E-state index contributed by atoms with van der Waals surface area (Å²) in [7, 11) is 0. The first kappa shape index (κ1) is 27.2. The molecule has 0 N–H and O–H groups in total. The second kappa shape index (κ2) is 10.8. The fraction of sp³-hybridized carbons (Fsp3) is 0. The summed E-state index contributed by atoms with van der Waals surface area (Å²) >= 11 is 1.89. The summed E-state index contributed by atoms with van der Waals surface area (Å²) in [6.45, 7) is 0. The average Bonchev–Trinajstić information content (AvgIpc) is 3.54. The van der Waals surface area contributed by atoms with Crippen molar-refractivity contribution in [1.29, 1.82) is 0 Å². The van der Waals surface area contributed by atoms with Crippen molar-refractivity contribution in [2.45, 2.75) is 0 Å². The Hall–Kier alpha value is -5.96. The van der Waals surface area contributed by atoms with Gasteiger partial charge in [0.1, 0.15) is 0 Å². The van der Waals surface area contributed by atoms with Crippen LogP contribution in [0.4, 0.5) is 17.1 Å². The zero-order valence-electron chi connectivity index (χ0n) is 26.1. The minimum atomic E-state index is 1.13. The quantitative estimate of drug-likeness (QED) is 0.176. The maximum absolute atomic E-state index is 2.47. The van der Waals surface area contributed by atoms with Gasteiger partial charge >= 0.3 is 0 Å². The van der Waals surface area contributed by atoms with Gasteiger partial charge in [-0.3, -0.25) is 0 Å². The van der Waals surface area contributed by atoms with Crippen molar-refractivity contribution in [2.24, 2.45) is 0 Å². The lowest BCUT2D eigenvalue weighted by atomic mass is 9.94. The van der Waals surface area contributed by atoms with Gasteiger partial charge in [-0.2, -0.15) is 0 Å². The van der Waals surface area contributed by atoms with E-state index in [2.05, 4.69) is 181 Å². The van der Waals surface area contributed by atoms with Gasteiger partial charge in [-0.15, -0.1) is 11.3 Å². The van der Waals surface area contributed by atoms with Crippen LogP contribution in [0.1, 0.15) is 0 Å². The van der Waals surface area contributed by atoms with Crippen LogP contribution in [0, 0.1) is 0 Å². The van der Waals surface area contributed by atoms with Gasteiger partial charge < -0.3 is 4.90 Å². The number of nitrogens with zero attached hydrogens (tertiary/aromatic N) is 1. The third-order valence-electron chi connectivity index (χ3n) is 9.78. The lowest BCUT2D eigenvalue weighted by Gasteiger charge is -2.28. The van der Waals surface area contributed by atoms with Crippen molar-refractivity contribution in [2.75, 3.05) is 4.90 Å². The molecule has 0 saturated carbocycles. The minimum Gasteiger partial charge on any atom is -0.310 e. The molecular formula is C46H29NS. The number of hydrogen-bond acceptors (Lipinski definition) is 2. The maximum Gasteiger partial charge on any atom is 0.0546 e. The summed E-state index contributed by atoms with van der Waals surface area (Å²) in [6, 6.07) is 64.5. The number of fused-ring (bicyclic) bond motifs is 10. The predicted molar refractivity (Wildman–Crippen MR) is 209 cm³/mol. The Morgan fingerprint density at radius 3 is 1.85 bits per heavy atom. The first-order valence-corrected chi connectivity index (χ1v) is 17.2. The number of hydrogen-bond donors (Lipinski definition) is 0. The molecule has 224 valence electrons. The molecule has 9 aromatic carbocycles. The Morgan fingerprint density at radius 1 is 0.354 bits per heavy atom. The molecule has 10 rings (SSSR count). The molecule has 0 amide bonds. The molecule has 1 aromatic heterocycles. The van der Waals surface area contributed by atoms with E-state index in [4.69, 9.17) is 0 Å². The van der Waals surface area contributed by atoms with Crippen molar-refractivity contribution in [3.63, 3.8) is 0 Å². The maximum atomic E-state index is 2.47. The van der Waals surface area contributed by atoms with Crippen LogP contribution in [0.3, 0.4) is 0 Å². The van der Waals surface area contributed by atoms with Gasteiger partial charge in [-0.05, 0) is 85.2 Å². The Labute approximate surface area is 282 Å². The highest BCUT2D eigenvalue weighted by molar-refractivity contribution is 7.26. The van der Waals surface area contributed by atoms with Crippen molar-refractivity contribution >= 4 is 91.7 Å². The zero-order valence-corrected chi connectivity index (χ0v) is 26.9. The normalized spacial score (nSPS) is 11.8. The van der Waals surface area contributed by atoms with Gasteiger partial charge in [-0.1, -0.05) is 140 Å². The smallest absolute Gasteiger partial charge is 0.0546 e. The van der Waals surface area contributed by atoms with Crippen LogP contribution < -0.4 is 4.90 Å². The highest BCUT2D eigenvalue weighted by Gasteiger charge is 2.20. The highest BCUT2D eigenvalue weighted by Crippen LogP contribution is 2.46. The average molecular weight is 628 g/mol. The third-order valence-corrected chi connectivity index (χ3v) is 11.0. The van der Waals surface area contributed by atoms with Crippen LogP contribution in [0.15, 0.2) is 176 Å². The van der Waals surface area contributed by atoms with Crippen molar-refractivity contribution < 1.29 is 0 Å². The molecule has 0 unspecified atom stereocenters. The van der Waals surface area contributed by atoms with E-state index < -0.39 is 0 Å². The van der Waals surface area contributed by atoms with Gasteiger partial charge in [0, 0.05) is 36.9 Å². The summed E-state index contributed by atoms with van der Waals surface area (Å²) in [5.74, 6) is 0. The highest BCUT2D eigenvalue weighted by atomic mass is 32.1. The molecule has 10 aromatic rings. The molecule has 0 radical (unpaired) electrons. The molecule has 0 saturated heterocycles.